The van der Waals surface area contributed by atoms with Crippen LogP contribution < -0.4 is 0 Å². The molecule has 0 spiro atoms. The Morgan fingerprint density at radius 3 is 2.19 bits per heavy atom. The largest absolute Gasteiger partial charge is 0.480 e. The van der Waals surface area contributed by atoms with Gasteiger partial charge < -0.3 is 5.11 Å². The van der Waals surface area contributed by atoms with E-state index in [0.717, 1.165) is 4.31 Å². The van der Waals surface area contributed by atoms with Crippen molar-refractivity contribution in [3.63, 3.8) is 0 Å². The minimum Gasteiger partial charge on any atom is -0.480 e. The van der Waals surface area contributed by atoms with E-state index >= 15 is 0 Å². The maximum atomic E-state index is 12.9. The quantitative estimate of drug-likeness (QED) is 0.565. The molecule has 0 aliphatic rings. The second-order valence-electron chi connectivity index (χ2n) is 5.44. The van der Waals surface area contributed by atoms with Gasteiger partial charge in [0.15, 0.2) is 0 Å². The Labute approximate surface area is 154 Å². The number of non-ortho nitro benzene ring substituents is 1. The van der Waals surface area contributed by atoms with Crippen molar-refractivity contribution in [2.45, 2.75) is 24.4 Å². The zero-order chi connectivity index (χ0) is 19.5. The Kier molecular flexibility index (Phi) is 5.96. The zero-order valence-electron chi connectivity index (χ0n) is 13.6. The Morgan fingerprint density at radius 1 is 1.19 bits per heavy atom. The third-order valence-electron chi connectivity index (χ3n) is 3.70. The molecule has 0 radical (unpaired) electrons. The number of nitro benzene ring substituents is 1. The van der Waals surface area contributed by atoms with Gasteiger partial charge in [-0.3, -0.25) is 14.9 Å². The molecule has 8 nitrogen and oxygen atoms in total. The number of nitro groups is 1. The lowest BCUT2D eigenvalue weighted by atomic mass is 10.2. The number of halogens is 1. The molecule has 0 aliphatic heterocycles. The minimum atomic E-state index is -4.13. The predicted octanol–water partition coefficient (Wildman–Crippen LogP) is 2.91. The maximum absolute atomic E-state index is 12.9. The van der Waals surface area contributed by atoms with Gasteiger partial charge in [0.25, 0.3) is 5.69 Å². The van der Waals surface area contributed by atoms with E-state index in [2.05, 4.69) is 0 Å². The predicted molar refractivity (Wildman–Crippen MR) is 94.4 cm³/mol. The molecule has 0 amide bonds. The summed E-state index contributed by atoms with van der Waals surface area (Å²) in [5.41, 5.74) is 0.272. The summed E-state index contributed by atoms with van der Waals surface area (Å²) < 4.78 is 26.6. The van der Waals surface area contributed by atoms with E-state index < -0.39 is 27.0 Å². The normalized spacial score (nSPS) is 12.7. The van der Waals surface area contributed by atoms with Gasteiger partial charge in [0.2, 0.25) is 10.0 Å². The van der Waals surface area contributed by atoms with E-state index in [9.17, 15) is 28.4 Å². The minimum absolute atomic E-state index is 0.100. The highest BCUT2D eigenvalue weighted by molar-refractivity contribution is 7.89. The standard InChI is InChI=1S/C16H15ClN2O6S/c1-11(16(20)21)18(10-12-2-6-14(7-3-12)19(22)23)26(24,25)15-8-4-13(17)5-9-15/h2-9,11H,10H2,1H3,(H,20,21). The van der Waals surface area contributed by atoms with Gasteiger partial charge in [-0.25, -0.2) is 8.42 Å². The molecule has 2 aromatic rings. The number of benzene rings is 2. The number of nitrogens with zero attached hydrogens (tertiary/aromatic N) is 2. The molecule has 1 atom stereocenters. The highest BCUT2D eigenvalue weighted by atomic mass is 35.5. The Bertz CT molecular complexity index is 913. The summed E-state index contributed by atoms with van der Waals surface area (Å²) in [5.74, 6) is -1.32. The smallest absolute Gasteiger partial charge is 0.321 e. The monoisotopic (exact) mass is 398 g/mol. The highest BCUT2D eigenvalue weighted by Gasteiger charge is 2.33. The van der Waals surface area contributed by atoms with Gasteiger partial charge in [-0.05, 0) is 36.8 Å². The number of hydrogen-bond donors (Lipinski definition) is 1. The van der Waals surface area contributed by atoms with E-state index in [1.807, 2.05) is 0 Å². The van der Waals surface area contributed by atoms with Gasteiger partial charge in [0.05, 0.1) is 9.82 Å². The van der Waals surface area contributed by atoms with Crippen molar-refractivity contribution in [2.24, 2.45) is 0 Å². The van der Waals surface area contributed by atoms with Gasteiger partial charge >= 0.3 is 5.97 Å². The van der Waals surface area contributed by atoms with Crippen molar-refractivity contribution in [1.82, 2.24) is 4.31 Å². The van der Waals surface area contributed by atoms with Gasteiger partial charge in [-0.15, -0.1) is 0 Å². The van der Waals surface area contributed by atoms with Crippen LogP contribution in [0.4, 0.5) is 5.69 Å². The number of aliphatic carboxylic acids is 1. The van der Waals surface area contributed by atoms with Gasteiger partial charge in [0.1, 0.15) is 6.04 Å². The van der Waals surface area contributed by atoms with Gasteiger partial charge in [-0.2, -0.15) is 4.31 Å². The molecule has 2 rings (SSSR count). The van der Waals surface area contributed by atoms with Crippen LogP contribution in [-0.4, -0.2) is 34.8 Å². The molecule has 0 aromatic heterocycles. The summed E-state index contributed by atoms with van der Waals surface area (Å²) in [6.07, 6.45) is 0. The van der Waals surface area contributed by atoms with Crippen molar-refractivity contribution in [3.05, 3.63) is 69.2 Å². The number of hydrogen-bond acceptors (Lipinski definition) is 5. The summed E-state index contributed by atoms with van der Waals surface area (Å²) in [6.45, 7) is 0.998. The number of carboxylic acids is 1. The fourth-order valence-corrected chi connectivity index (χ4v) is 3.90. The summed E-state index contributed by atoms with van der Waals surface area (Å²) in [5, 5.41) is 20.3. The van der Waals surface area contributed by atoms with Crippen LogP contribution >= 0.6 is 11.6 Å². The second kappa shape index (κ2) is 7.81. The maximum Gasteiger partial charge on any atom is 0.321 e. The number of sulfonamides is 1. The van der Waals surface area contributed by atoms with Crippen LogP contribution in [0.15, 0.2) is 53.4 Å². The first-order valence-electron chi connectivity index (χ1n) is 7.36. The molecule has 2 aromatic carbocycles. The molecular weight excluding hydrogens is 384 g/mol. The van der Waals surface area contributed by atoms with Crippen molar-refractivity contribution >= 4 is 33.3 Å². The van der Waals surface area contributed by atoms with E-state index in [4.69, 9.17) is 11.6 Å². The van der Waals surface area contributed by atoms with Gasteiger partial charge in [0, 0.05) is 23.7 Å². The molecule has 138 valence electrons. The average Bonchev–Trinajstić information content (AvgIpc) is 2.59. The van der Waals surface area contributed by atoms with Gasteiger partial charge in [-0.1, -0.05) is 23.7 Å². The molecule has 0 heterocycles. The third-order valence-corrected chi connectivity index (χ3v) is 5.88. The summed E-state index contributed by atoms with van der Waals surface area (Å²) >= 11 is 5.77. The first kappa shape index (κ1) is 19.8. The summed E-state index contributed by atoms with van der Waals surface area (Å²) in [6, 6.07) is 9.25. The third kappa shape index (κ3) is 4.37. The first-order chi connectivity index (χ1) is 12.1. The number of rotatable bonds is 7. The number of carbonyl (C=O) groups is 1. The fraction of sp³-hybridized carbons (Fsp3) is 0.188. The molecule has 10 heteroatoms. The molecule has 26 heavy (non-hydrogen) atoms. The molecule has 0 bridgehead atoms. The topological polar surface area (TPSA) is 118 Å². The lowest BCUT2D eigenvalue weighted by molar-refractivity contribution is -0.384. The lowest BCUT2D eigenvalue weighted by Crippen LogP contribution is -2.42. The molecule has 0 fully saturated rings. The van der Waals surface area contributed by atoms with Crippen LogP contribution in [0, 0.1) is 10.1 Å². The van der Waals surface area contributed by atoms with E-state index in [0.29, 0.717) is 10.6 Å². The molecular formula is C16H15ClN2O6S. The first-order valence-corrected chi connectivity index (χ1v) is 9.18. The van der Waals surface area contributed by atoms with E-state index in [-0.39, 0.29) is 17.1 Å². The Hall–Kier alpha value is -2.49. The van der Waals surface area contributed by atoms with Crippen LogP contribution in [0.25, 0.3) is 0 Å². The van der Waals surface area contributed by atoms with Crippen LogP contribution in [0.2, 0.25) is 5.02 Å². The molecule has 0 saturated carbocycles. The Balaban J connectivity index is 2.41. The molecule has 0 aliphatic carbocycles. The van der Waals surface area contributed by atoms with Crippen LogP contribution in [0.5, 0.6) is 0 Å². The summed E-state index contributed by atoms with van der Waals surface area (Å²) in [4.78, 5) is 21.4. The lowest BCUT2D eigenvalue weighted by Gasteiger charge is -2.26. The average molecular weight is 399 g/mol. The fourth-order valence-electron chi connectivity index (χ4n) is 2.20. The summed E-state index contributed by atoms with van der Waals surface area (Å²) in [7, 11) is -4.13. The second-order valence-corrected chi connectivity index (χ2v) is 7.77. The molecule has 1 N–H and O–H groups in total. The van der Waals surface area contributed by atoms with Crippen LogP contribution in [0.1, 0.15) is 12.5 Å². The van der Waals surface area contributed by atoms with Crippen molar-refractivity contribution in [3.8, 4) is 0 Å². The van der Waals surface area contributed by atoms with Crippen molar-refractivity contribution in [1.29, 1.82) is 0 Å². The SMILES string of the molecule is CC(C(=O)O)N(Cc1ccc([N+](=O)[O-])cc1)S(=O)(=O)c1ccc(Cl)cc1. The van der Waals surface area contributed by atoms with E-state index in [1.54, 1.807) is 0 Å². The highest BCUT2D eigenvalue weighted by Crippen LogP contribution is 2.23. The molecule has 1 unspecified atom stereocenters. The van der Waals surface area contributed by atoms with Crippen molar-refractivity contribution < 1.29 is 23.2 Å². The van der Waals surface area contributed by atoms with Crippen LogP contribution in [0.3, 0.4) is 0 Å². The Morgan fingerprint density at radius 2 is 1.73 bits per heavy atom. The molecule has 0 saturated heterocycles. The van der Waals surface area contributed by atoms with E-state index in [1.165, 1.54) is 55.5 Å². The zero-order valence-corrected chi connectivity index (χ0v) is 15.1. The van der Waals surface area contributed by atoms with Crippen LogP contribution in [-0.2, 0) is 21.4 Å². The number of carboxylic acid groups (broad SMARTS) is 1. The van der Waals surface area contributed by atoms with Crippen molar-refractivity contribution in [2.75, 3.05) is 0 Å².